The number of halogens is 1. The average Bonchev–Trinajstić information content (AvgIpc) is 3.01. The average molecular weight is 401 g/mol. The van der Waals surface area contributed by atoms with Gasteiger partial charge in [-0.25, -0.2) is 10.4 Å². The second-order valence-electron chi connectivity index (χ2n) is 5.53. The van der Waals surface area contributed by atoms with Gasteiger partial charge in [0.05, 0.1) is 17.2 Å². The molecule has 8 heteroatoms. The number of hydrazone groups is 1. The Labute approximate surface area is 151 Å². The molecule has 7 nitrogen and oxygen atoms in total. The van der Waals surface area contributed by atoms with Gasteiger partial charge in [-0.15, -0.1) is 0 Å². The van der Waals surface area contributed by atoms with Gasteiger partial charge in [0.1, 0.15) is 17.9 Å². The number of hydrogen-bond acceptors (Lipinski definition) is 7. The summed E-state index contributed by atoms with van der Waals surface area (Å²) in [7, 11) is 0. The van der Waals surface area contributed by atoms with E-state index in [2.05, 4.69) is 31.4 Å². The van der Waals surface area contributed by atoms with Gasteiger partial charge >= 0.3 is 0 Å². The third-order valence-corrected chi connectivity index (χ3v) is 3.87. The van der Waals surface area contributed by atoms with Crippen LogP contribution in [0.5, 0.6) is 0 Å². The van der Waals surface area contributed by atoms with E-state index in [9.17, 15) is 4.79 Å². The van der Waals surface area contributed by atoms with Crippen LogP contribution in [-0.2, 0) is 0 Å². The van der Waals surface area contributed by atoms with Gasteiger partial charge in [0.15, 0.2) is 0 Å². The van der Waals surface area contributed by atoms with Crippen molar-refractivity contribution in [1.29, 1.82) is 5.26 Å². The molecule has 0 spiro atoms. The second kappa shape index (κ2) is 6.91. The zero-order valence-electron chi connectivity index (χ0n) is 13.4. The maximum Gasteiger partial charge on any atom is 0.252 e. The molecule has 0 radical (unpaired) electrons. The van der Waals surface area contributed by atoms with Crippen molar-refractivity contribution < 1.29 is 8.83 Å². The molecule has 0 amide bonds. The van der Waals surface area contributed by atoms with Crippen LogP contribution < -0.4 is 10.9 Å². The van der Waals surface area contributed by atoms with Gasteiger partial charge in [0.2, 0.25) is 17.0 Å². The van der Waals surface area contributed by atoms with E-state index in [1.165, 1.54) is 12.5 Å². The highest BCUT2D eigenvalue weighted by atomic mass is 79.9. The van der Waals surface area contributed by atoms with Crippen LogP contribution in [0.25, 0.3) is 11.0 Å². The summed E-state index contributed by atoms with van der Waals surface area (Å²) < 4.78 is 11.7. The summed E-state index contributed by atoms with van der Waals surface area (Å²) in [6.07, 6.45) is 2.64. The largest absolute Gasteiger partial charge is 0.463 e. The summed E-state index contributed by atoms with van der Waals surface area (Å²) in [6.45, 7) is 3.80. The smallest absolute Gasteiger partial charge is 0.252 e. The maximum absolute atomic E-state index is 12.5. The Bertz CT molecular complexity index is 1060. The number of oxazole rings is 1. The first-order valence-electron chi connectivity index (χ1n) is 7.40. The fourth-order valence-corrected chi connectivity index (χ4v) is 2.46. The molecule has 3 aromatic rings. The predicted octanol–water partition coefficient (Wildman–Crippen LogP) is 3.98. The molecule has 25 heavy (non-hydrogen) atoms. The Balaban J connectivity index is 1.88. The van der Waals surface area contributed by atoms with Crippen LogP contribution in [0.4, 0.5) is 5.88 Å². The summed E-state index contributed by atoms with van der Waals surface area (Å²) >= 11 is 3.33. The van der Waals surface area contributed by atoms with Gasteiger partial charge in [-0.1, -0.05) is 29.8 Å². The maximum atomic E-state index is 12.5. The van der Waals surface area contributed by atoms with Crippen LogP contribution in [0.15, 0.2) is 47.7 Å². The SMILES string of the molecule is CC(C)c1nc(C#N)c(N/N=C\c2coc3ccc(Br)cc3c2=O)o1. The molecule has 0 aliphatic heterocycles. The number of anilines is 1. The highest BCUT2D eigenvalue weighted by molar-refractivity contribution is 9.10. The van der Waals surface area contributed by atoms with E-state index in [0.29, 0.717) is 16.9 Å². The molecule has 0 saturated heterocycles. The number of nitrogens with one attached hydrogen (secondary N) is 1. The molecule has 1 N–H and O–H groups in total. The molecule has 126 valence electrons. The minimum atomic E-state index is -0.214. The number of aromatic nitrogens is 1. The van der Waals surface area contributed by atoms with Crippen molar-refractivity contribution in [3.63, 3.8) is 0 Å². The van der Waals surface area contributed by atoms with E-state index in [1.54, 1.807) is 18.2 Å². The first-order chi connectivity index (χ1) is 12.0. The first kappa shape index (κ1) is 16.9. The van der Waals surface area contributed by atoms with Crippen molar-refractivity contribution >= 4 is 39.0 Å². The van der Waals surface area contributed by atoms with E-state index in [0.717, 1.165) is 4.47 Å². The second-order valence-corrected chi connectivity index (χ2v) is 6.44. The Morgan fingerprint density at radius 3 is 2.96 bits per heavy atom. The van der Waals surface area contributed by atoms with Crippen LogP contribution in [0, 0.1) is 11.3 Å². The Morgan fingerprint density at radius 1 is 1.44 bits per heavy atom. The lowest BCUT2D eigenvalue weighted by Crippen LogP contribution is -2.08. The third kappa shape index (κ3) is 3.46. The summed E-state index contributed by atoms with van der Waals surface area (Å²) in [4.78, 5) is 16.5. The molecule has 0 aliphatic rings. The number of nitriles is 1. The molecular weight excluding hydrogens is 388 g/mol. The Morgan fingerprint density at radius 2 is 2.24 bits per heavy atom. The summed E-state index contributed by atoms with van der Waals surface area (Å²) in [5.74, 6) is 0.609. The number of hydrogen-bond donors (Lipinski definition) is 1. The minimum absolute atomic E-state index is 0.0395. The summed E-state index contributed by atoms with van der Waals surface area (Å²) in [5.41, 5.74) is 3.25. The van der Waals surface area contributed by atoms with E-state index in [-0.39, 0.29) is 28.5 Å². The molecule has 0 atom stereocenters. The van der Waals surface area contributed by atoms with Gasteiger partial charge in [-0.3, -0.25) is 4.79 Å². The lowest BCUT2D eigenvalue weighted by atomic mass is 10.2. The lowest BCUT2D eigenvalue weighted by Gasteiger charge is -1.99. The van der Waals surface area contributed by atoms with Crippen LogP contribution in [0.3, 0.4) is 0 Å². The van der Waals surface area contributed by atoms with E-state index in [4.69, 9.17) is 14.1 Å². The zero-order chi connectivity index (χ0) is 18.0. The molecule has 0 bridgehead atoms. The van der Waals surface area contributed by atoms with E-state index in [1.807, 2.05) is 19.9 Å². The molecule has 3 rings (SSSR count). The Kier molecular flexibility index (Phi) is 4.67. The van der Waals surface area contributed by atoms with Crippen LogP contribution in [0.1, 0.15) is 36.9 Å². The third-order valence-electron chi connectivity index (χ3n) is 3.37. The first-order valence-corrected chi connectivity index (χ1v) is 8.20. The topological polar surface area (TPSA) is 104 Å². The van der Waals surface area contributed by atoms with Crippen LogP contribution >= 0.6 is 15.9 Å². The Hall–Kier alpha value is -2.92. The van der Waals surface area contributed by atoms with Gasteiger partial charge in [0, 0.05) is 10.4 Å². The van der Waals surface area contributed by atoms with Crippen molar-refractivity contribution in [2.24, 2.45) is 5.10 Å². The van der Waals surface area contributed by atoms with Crippen molar-refractivity contribution in [1.82, 2.24) is 4.98 Å². The number of fused-ring (bicyclic) bond motifs is 1. The van der Waals surface area contributed by atoms with Gasteiger partial charge in [-0.2, -0.15) is 10.4 Å². The molecule has 0 aliphatic carbocycles. The molecular formula is C17H13BrN4O3. The van der Waals surface area contributed by atoms with Gasteiger partial charge < -0.3 is 8.83 Å². The molecule has 2 heterocycles. The van der Waals surface area contributed by atoms with Crippen molar-refractivity contribution in [2.75, 3.05) is 5.43 Å². The molecule has 0 fully saturated rings. The van der Waals surface area contributed by atoms with Gasteiger partial charge in [-0.05, 0) is 18.2 Å². The van der Waals surface area contributed by atoms with Crippen LogP contribution in [-0.4, -0.2) is 11.2 Å². The summed E-state index contributed by atoms with van der Waals surface area (Å²) in [6, 6.07) is 7.12. The fourth-order valence-electron chi connectivity index (χ4n) is 2.10. The number of rotatable bonds is 4. The van der Waals surface area contributed by atoms with E-state index >= 15 is 0 Å². The highest BCUT2D eigenvalue weighted by Crippen LogP contribution is 2.22. The fraction of sp³-hybridized carbons (Fsp3) is 0.176. The van der Waals surface area contributed by atoms with Crippen molar-refractivity contribution in [3.05, 3.63) is 56.3 Å². The standard InChI is InChI=1S/C17H13BrN4O3/c1-9(2)16-21-13(6-19)17(25-16)22-20-7-10-8-24-14-4-3-11(18)5-12(14)15(10)23/h3-5,7-9,22H,1-2H3/b20-7-. The predicted molar refractivity (Wildman–Crippen MR) is 96.7 cm³/mol. The molecule has 0 unspecified atom stereocenters. The summed E-state index contributed by atoms with van der Waals surface area (Å²) in [5, 5.41) is 13.5. The minimum Gasteiger partial charge on any atom is -0.463 e. The lowest BCUT2D eigenvalue weighted by molar-refractivity contribution is 0.481. The van der Waals surface area contributed by atoms with Crippen LogP contribution in [0.2, 0.25) is 0 Å². The van der Waals surface area contributed by atoms with Crippen molar-refractivity contribution in [3.8, 4) is 6.07 Å². The zero-order valence-corrected chi connectivity index (χ0v) is 15.0. The molecule has 2 aromatic heterocycles. The van der Waals surface area contributed by atoms with Crippen molar-refractivity contribution in [2.45, 2.75) is 19.8 Å². The highest BCUT2D eigenvalue weighted by Gasteiger charge is 2.14. The monoisotopic (exact) mass is 400 g/mol. The van der Waals surface area contributed by atoms with E-state index < -0.39 is 0 Å². The normalized spacial score (nSPS) is 11.3. The quantitative estimate of drug-likeness (QED) is 0.524. The van der Waals surface area contributed by atoms with Gasteiger partial charge in [0.25, 0.3) is 5.88 Å². The number of benzene rings is 1. The molecule has 0 saturated carbocycles. The molecule has 1 aromatic carbocycles. The number of nitrogens with zero attached hydrogens (tertiary/aromatic N) is 3.